The molecule has 6 nitrogen and oxygen atoms in total. The first kappa shape index (κ1) is 19.5. The Morgan fingerprint density at radius 3 is 2.58 bits per heavy atom. The van der Waals surface area contributed by atoms with Crippen molar-refractivity contribution in [3.8, 4) is 5.75 Å². The quantitative estimate of drug-likeness (QED) is 0.846. The van der Waals surface area contributed by atoms with Crippen molar-refractivity contribution in [2.75, 3.05) is 21.2 Å². The van der Waals surface area contributed by atoms with Crippen molar-refractivity contribution >= 4 is 16.9 Å². The molecule has 0 radical (unpaired) electrons. The summed E-state index contributed by atoms with van der Waals surface area (Å²) in [6.07, 6.45) is -0.927. The molecule has 6 atom stereocenters. The van der Waals surface area contributed by atoms with E-state index in [-0.39, 0.29) is 29.6 Å². The second-order valence-electron chi connectivity index (χ2n) is 7.11. The number of fused-ring (bicyclic) bond motifs is 1. The Hall–Kier alpha value is -1.28. The van der Waals surface area contributed by atoms with E-state index < -0.39 is 6.10 Å². The molecular weight excluding hydrogens is 352 g/mol. The van der Waals surface area contributed by atoms with Crippen LogP contribution < -0.4 is 4.74 Å². The summed E-state index contributed by atoms with van der Waals surface area (Å²) < 4.78 is 17.7. The zero-order chi connectivity index (χ0) is 18.8. The maximum Gasteiger partial charge on any atom is 0.161 e. The molecule has 0 amide bonds. The number of rotatable bonds is 5. The molecule has 2 heterocycles. The number of hydrogen-bond donors (Lipinski definition) is 1. The zero-order valence-electron chi connectivity index (χ0n) is 16.0. The molecule has 0 bridgehead atoms. The molecule has 0 aromatic heterocycles. The number of thioether (sulfide) groups is 1. The maximum atomic E-state index is 10.2. The van der Waals surface area contributed by atoms with E-state index in [9.17, 15) is 5.11 Å². The normalized spacial score (nSPS) is 31.9. The fraction of sp³-hybridized carbons (Fsp3) is 0.632. The van der Waals surface area contributed by atoms with Gasteiger partial charge in [-0.05, 0) is 24.6 Å². The molecule has 2 aliphatic rings. The Balaban J connectivity index is 1.75. The van der Waals surface area contributed by atoms with Gasteiger partial charge in [-0.15, -0.1) is 0 Å². The van der Waals surface area contributed by atoms with Gasteiger partial charge in [0.2, 0.25) is 0 Å². The molecule has 0 unspecified atom stereocenters. The molecule has 1 aromatic rings. The van der Waals surface area contributed by atoms with E-state index in [1.54, 1.807) is 25.8 Å². The van der Waals surface area contributed by atoms with Crippen molar-refractivity contribution in [3.63, 3.8) is 0 Å². The van der Waals surface area contributed by atoms with Crippen molar-refractivity contribution in [3.05, 3.63) is 29.8 Å². The topological polar surface area (TPSA) is 63.5 Å². The van der Waals surface area contributed by atoms with Gasteiger partial charge in [0.1, 0.15) is 17.2 Å². The first-order valence-electron chi connectivity index (χ1n) is 8.90. The molecule has 1 fully saturated rings. The summed E-state index contributed by atoms with van der Waals surface area (Å²) >= 11 is 1.60. The smallest absolute Gasteiger partial charge is 0.161 e. The summed E-state index contributed by atoms with van der Waals surface area (Å²) in [5, 5.41) is 11.1. The van der Waals surface area contributed by atoms with Crippen molar-refractivity contribution < 1.29 is 19.3 Å². The molecule has 7 heteroatoms. The number of aliphatic hydroxyl groups excluding tert-OH is 1. The van der Waals surface area contributed by atoms with E-state index >= 15 is 0 Å². The molecule has 144 valence electrons. The van der Waals surface area contributed by atoms with Crippen LogP contribution in [0.2, 0.25) is 0 Å². The highest BCUT2D eigenvalue weighted by atomic mass is 32.2. The zero-order valence-corrected chi connectivity index (χ0v) is 16.8. The number of benzene rings is 1. The number of aliphatic hydroxyl groups is 1. The molecule has 26 heavy (non-hydrogen) atoms. The first-order valence-corrected chi connectivity index (χ1v) is 9.78. The number of ether oxygens (including phenoxy) is 3. The van der Waals surface area contributed by atoms with E-state index in [1.165, 1.54) is 0 Å². The van der Waals surface area contributed by atoms with Crippen LogP contribution in [-0.2, 0) is 16.1 Å². The van der Waals surface area contributed by atoms with E-state index in [0.717, 1.165) is 16.5 Å². The minimum absolute atomic E-state index is 0.0420. The fourth-order valence-electron chi connectivity index (χ4n) is 3.44. The van der Waals surface area contributed by atoms with Gasteiger partial charge < -0.3 is 24.2 Å². The molecule has 1 N–H and O–H groups in total. The van der Waals surface area contributed by atoms with Gasteiger partial charge in [0, 0.05) is 20.0 Å². The summed E-state index contributed by atoms with van der Waals surface area (Å²) in [5.41, 5.74) is 0.959. The van der Waals surface area contributed by atoms with Gasteiger partial charge in [-0.3, -0.25) is 4.99 Å². The lowest BCUT2D eigenvalue weighted by Gasteiger charge is -2.42. The average Bonchev–Trinajstić information content (AvgIpc) is 3.05. The summed E-state index contributed by atoms with van der Waals surface area (Å²) in [6, 6.07) is 7.80. The molecular formula is C19H28N2O4S. The maximum absolute atomic E-state index is 10.2. The second-order valence-corrected chi connectivity index (χ2v) is 8.17. The summed E-state index contributed by atoms with van der Waals surface area (Å²) in [7, 11) is 5.61. The average molecular weight is 381 g/mol. The molecule has 1 saturated heterocycles. The van der Waals surface area contributed by atoms with Crippen LogP contribution in [0.4, 0.5) is 0 Å². The summed E-state index contributed by atoms with van der Waals surface area (Å²) in [4.78, 5) is 6.82. The third-order valence-corrected chi connectivity index (χ3v) is 6.19. The Morgan fingerprint density at radius 2 is 2.00 bits per heavy atom. The lowest BCUT2D eigenvalue weighted by atomic mass is 9.87. The summed E-state index contributed by atoms with van der Waals surface area (Å²) in [5.74, 6) is 0.871. The minimum atomic E-state index is -0.554. The van der Waals surface area contributed by atoms with E-state index in [0.29, 0.717) is 6.61 Å². The van der Waals surface area contributed by atoms with Gasteiger partial charge in [0.05, 0.1) is 32.0 Å². The van der Waals surface area contributed by atoms with Crippen molar-refractivity contribution in [2.45, 2.75) is 50.2 Å². The molecule has 0 saturated carbocycles. The van der Waals surface area contributed by atoms with Crippen LogP contribution in [-0.4, -0.2) is 66.2 Å². The largest absolute Gasteiger partial charge is 0.497 e. The first-order chi connectivity index (χ1) is 12.4. The monoisotopic (exact) mass is 380 g/mol. The van der Waals surface area contributed by atoms with Gasteiger partial charge in [0.25, 0.3) is 0 Å². The second kappa shape index (κ2) is 8.17. The van der Waals surface area contributed by atoms with E-state index in [1.807, 2.05) is 43.3 Å². The van der Waals surface area contributed by atoms with E-state index in [4.69, 9.17) is 19.2 Å². The third kappa shape index (κ3) is 4.01. The van der Waals surface area contributed by atoms with Gasteiger partial charge in [-0.1, -0.05) is 30.8 Å². The molecule has 3 rings (SSSR count). The van der Waals surface area contributed by atoms with E-state index in [2.05, 4.69) is 6.92 Å². The predicted octanol–water partition coefficient (Wildman–Crippen LogP) is 2.36. The Morgan fingerprint density at radius 1 is 1.31 bits per heavy atom. The molecule has 2 aliphatic heterocycles. The summed E-state index contributed by atoms with van der Waals surface area (Å²) in [6.45, 7) is 4.34. The Kier molecular flexibility index (Phi) is 6.12. The number of methoxy groups -OCH3 is 1. The lowest BCUT2D eigenvalue weighted by molar-refractivity contribution is -0.165. The Labute approximate surface area is 159 Å². The Bertz CT molecular complexity index is 635. The number of hydrogen-bond acceptors (Lipinski definition) is 7. The number of aliphatic imine (C=N–C) groups is 1. The van der Waals surface area contributed by atoms with Gasteiger partial charge in [0.15, 0.2) is 5.17 Å². The predicted molar refractivity (Wildman–Crippen MR) is 104 cm³/mol. The van der Waals surface area contributed by atoms with Crippen LogP contribution in [0, 0.1) is 5.92 Å². The van der Waals surface area contributed by atoms with Gasteiger partial charge >= 0.3 is 0 Å². The van der Waals surface area contributed by atoms with Crippen molar-refractivity contribution in [1.29, 1.82) is 0 Å². The SMILES string of the molecule is COc1ccc(CO[C@H]2[C@H](C)[C@@H]([C@@H](C)O)O[C@@H]3SC(N(C)C)=N[C@H]23)cc1. The van der Waals surface area contributed by atoms with Crippen LogP contribution in [0.3, 0.4) is 0 Å². The number of nitrogens with zero attached hydrogens (tertiary/aromatic N) is 2. The highest BCUT2D eigenvalue weighted by Crippen LogP contribution is 2.41. The number of amidine groups is 1. The van der Waals surface area contributed by atoms with Crippen LogP contribution in [0.25, 0.3) is 0 Å². The van der Waals surface area contributed by atoms with Gasteiger partial charge in [-0.25, -0.2) is 0 Å². The molecule has 1 aromatic carbocycles. The highest BCUT2D eigenvalue weighted by molar-refractivity contribution is 8.14. The van der Waals surface area contributed by atoms with Crippen LogP contribution in [0.15, 0.2) is 29.3 Å². The lowest BCUT2D eigenvalue weighted by Crippen LogP contribution is -2.54. The molecule has 0 aliphatic carbocycles. The standard InChI is InChI=1S/C19H28N2O4S/c1-11-16(12(2)22)25-18-15(20-19(26-18)21(3)4)17(11)24-10-13-6-8-14(23-5)9-7-13/h6-9,11-12,15-18,22H,10H2,1-5H3/t11-,12-,15-,16+,17+,18-/m1/s1. The van der Waals surface area contributed by atoms with Crippen LogP contribution >= 0.6 is 11.8 Å². The molecule has 0 spiro atoms. The van der Waals surface area contributed by atoms with Gasteiger partial charge in [-0.2, -0.15) is 0 Å². The van der Waals surface area contributed by atoms with Crippen LogP contribution in [0.5, 0.6) is 5.75 Å². The minimum Gasteiger partial charge on any atom is -0.497 e. The van der Waals surface area contributed by atoms with Crippen molar-refractivity contribution in [1.82, 2.24) is 4.90 Å². The van der Waals surface area contributed by atoms with Crippen molar-refractivity contribution in [2.24, 2.45) is 10.9 Å². The van der Waals surface area contributed by atoms with Crippen LogP contribution in [0.1, 0.15) is 19.4 Å². The highest BCUT2D eigenvalue weighted by Gasteiger charge is 2.49. The third-order valence-electron chi connectivity index (χ3n) is 4.88. The fourth-order valence-corrected chi connectivity index (χ4v) is 4.58.